The van der Waals surface area contributed by atoms with Crippen molar-refractivity contribution < 1.29 is 29.0 Å². The topological polar surface area (TPSA) is 162 Å². The number of carbonyl (C=O) groups excluding carboxylic acids is 3. The van der Waals surface area contributed by atoms with E-state index in [9.17, 15) is 19.2 Å². The van der Waals surface area contributed by atoms with E-state index in [-0.39, 0.29) is 31.5 Å². The van der Waals surface area contributed by atoms with Crippen LogP contribution >= 0.6 is 0 Å². The van der Waals surface area contributed by atoms with Crippen LogP contribution in [0.3, 0.4) is 0 Å². The van der Waals surface area contributed by atoms with Crippen LogP contribution in [0.5, 0.6) is 0 Å². The zero-order valence-corrected chi connectivity index (χ0v) is 22.8. The Morgan fingerprint density at radius 2 is 1.31 bits per heavy atom. The van der Waals surface area contributed by atoms with E-state index in [1.165, 1.54) is 38.5 Å². The Labute approximate surface area is 217 Å². The number of carboxylic acid groups (broad SMARTS) is 1. The molecule has 0 heterocycles. The highest BCUT2D eigenvalue weighted by molar-refractivity contribution is 5.92. The van der Waals surface area contributed by atoms with Crippen LogP contribution in [0.4, 0.5) is 4.79 Å². The summed E-state index contributed by atoms with van der Waals surface area (Å²) in [7, 11) is 0. The second-order valence-electron chi connectivity index (χ2n) is 10.7. The van der Waals surface area contributed by atoms with Gasteiger partial charge in [-0.3, -0.25) is 14.4 Å². The maximum absolute atomic E-state index is 13.3. The van der Waals surface area contributed by atoms with Gasteiger partial charge in [0.15, 0.2) is 5.78 Å². The van der Waals surface area contributed by atoms with Crippen molar-refractivity contribution in [1.29, 1.82) is 0 Å². The monoisotopic (exact) mass is 513 g/mol. The van der Waals surface area contributed by atoms with Gasteiger partial charge < -0.3 is 26.6 Å². The highest BCUT2D eigenvalue weighted by atomic mass is 16.6. The normalized spacial score (nSPS) is 13.1. The van der Waals surface area contributed by atoms with Crippen LogP contribution in [0.25, 0.3) is 0 Å². The predicted octanol–water partition coefficient (Wildman–Crippen LogP) is 4.84. The zero-order valence-electron chi connectivity index (χ0n) is 22.8. The number of amides is 2. The standard InChI is InChI=1S/C27H51N3O6/c1-27(2,3)36-26(35)30-22(17-15-18-24(32)33)25(34)21(20-23(29)31)16-13-11-9-7-5-4-6-8-10-12-14-19-28/h21-22H,4-20,28H2,1-3H3,(H2,29,31)(H,30,35)(H,32,33)/t21-,22-/m0/s1. The molecule has 0 saturated carbocycles. The second-order valence-corrected chi connectivity index (χ2v) is 10.7. The molecule has 2 atom stereocenters. The fourth-order valence-electron chi connectivity index (χ4n) is 4.19. The van der Waals surface area contributed by atoms with Gasteiger partial charge in [0, 0.05) is 18.8 Å². The summed E-state index contributed by atoms with van der Waals surface area (Å²) in [6, 6.07) is -0.923. The van der Waals surface area contributed by atoms with Gasteiger partial charge in [-0.1, -0.05) is 64.2 Å². The average molecular weight is 514 g/mol. The van der Waals surface area contributed by atoms with Crippen LogP contribution in [-0.2, 0) is 19.1 Å². The van der Waals surface area contributed by atoms with E-state index in [0.717, 1.165) is 38.6 Å². The van der Waals surface area contributed by atoms with Crippen molar-refractivity contribution in [1.82, 2.24) is 5.32 Å². The molecule has 2 amide bonds. The molecule has 0 radical (unpaired) electrons. The number of primary amides is 1. The number of Topliss-reactive ketones (excluding diaryl/α,β-unsaturated/α-hetero) is 1. The Hall–Kier alpha value is -2.16. The number of nitrogens with one attached hydrogen (secondary N) is 1. The minimum Gasteiger partial charge on any atom is -0.481 e. The lowest BCUT2D eigenvalue weighted by Crippen LogP contribution is -2.46. The first-order valence-electron chi connectivity index (χ1n) is 13.7. The molecule has 0 aliphatic heterocycles. The third-order valence-corrected chi connectivity index (χ3v) is 6.02. The molecule has 0 aromatic rings. The molecule has 36 heavy (non-hydrogen) atoms. The first-order valence-corrected chi connectivity index (χ1v) is 13.7. The molecule has 0 aromatic heterocycles. The molecule has 9 nitrogen and oxygen atoms in total. The van der Waals surface area contributed by atoms with Crippen LogP contribution in [0, 0.1) is 5.92 Å². The summed E-state index contributed by atoms with van der Waals surface area (Å²) in [5, 5.41) is 11.5. The Bertz CT molecular complexity index is 648. The van der Waals surface area contributed by atoms with Gasteiger partial charge in [0.2, 0.25) is 5.91 Å². The van der Waals surface area contributed by atoms with Gasteiger partial charge in [-0.2, -0.15) is 0 Å². The SMILES string of the molecule is CC(C)(C)OC(=O)N[C@@H](CCCC(=O)O)C(=O)[C@@H](CCCCCCCCCCCCCN)CC(N)=O. The van der Waals surface area contributed by atoms with Crippen molar-refractivity contribution in [2.75, 3.05) is 6.54 Å². The van der Waals surface area contributed by atoms with Gasteiger partial charge in [0.1, 0.15) is 5.60 Å². The number of unbranched alkanes of at least 4 members (excludes halogenated alkanes) is 10. The van der Waals surface area contributed by atoms with Gasteiger partial charge in [0.25, 0.3) is 0 Å². The Morgan fingerprint density at radius 1 is 0.806 bits per heavy atom. The molecule has 0 aromatic carbocycles. The molecule has 9 heteroatoms. The fraction of sp³-hybridized carbons (Fsp3) is 0.852. The molecule has 0 spiro atoms. The first kappa shape index (κ1) is 33.8. The molecule has 0 fully saturated rings. The molecule has 6 N–H and O–H groups in total. The van der Waals surface area contributed by atoms with Gasteiger partial charge in [-0.05, 0) is 53.0 Å². The van der Waals surface area contributed by atoms with Crippen molar-refractivity contribution in [2.45, 2.75) is 135 Å². The van der Waals surface area contributed by atoms with Crippen LogP contribution in [0.15, 0.2) is 0 Å². The second kappa shape index (κ2) is 20.0. The van der Waals surface area contributed by atoms with Gasteiger partial charge >= 0.3 is 12.1 Å². The zero-order chi connectivity index (χ0) is 27.4. The van der Waals surface area contributed by atoms with E-state index < -0.39 is 35.5 Å². The molecule has 0 unspecified atom stereocenters. The van der Waals surface area contributed by atoms with Crippen LogP contribution in [0.1, 0.15) is 124 Å². The number of alkyl carbamates (subject to hydrolysis) is 1. The minimum absolute atomic E-state index is 0.0889. The van der Waals surface area contributed by atoms with Crippen molar-refractivity contribution in [2.24, 2.45) is 17.4 Å². The van der Waals surface area contributed by atoms with Crippen molar-refractivity contribution >= 4 is 23.8 Å². The lowest BCUT2D eigenvalue weighted by molar-refractivity contribution is -0.137. The average Bonchev–Trinajstić information content (AvgIpc) is 2.76. The molecule has 0 aliphatic carbocycles. The predicted molar refractivity (Wildman–Crippen MR) is 141 cm³/mol. The molecule has 0 bridgehead atoms. The van der Waals surface area contributed by atoms with Crippen LogP contribution < -0.4 is 16.8 Å². The number of carbonyl (C=O) groups is 4. The fourth-order valence-corrected chi connectivity index (χ4v) is 4.19. The Balaban J connectivity index is 4.67. The molecule has 0 rings (SSSR count). The lowest BCUT2D eigenvalue weighted by atomic mass is 9.87. The third kappa shape index (κ3) is 20.1. The van der Waals surface area contributed by atoms with Crippen molar-refractivity contribution in [3.8, 4) is 0 Å². The third-order valence-electron chi connectivity index (χ3n) is 6.02. The minimum atomic E-state index is -0.973. The summed E-state index contributed by atoms with van der Waals surface area (Å²) in [5.74, 6) is -2.44. The number of ether oxygens (including phenoxy) is 1. The summed E-state index contributed by atoms with van der Waals surface area (Å²) in [5.41, 5.74) is 10.2. The quantitative estimate of drug-likeness (QED) is 0.151. The van der Waals surface area contributed by atoms with Crippen LogP contribution in [0.2, 0.25) is 0 Å². The van der Waals surface area contributed by atoms with Gasteiger partial charge in [-0.15, -0.1) is 0 Å². The van der Waals surface area contributed by atoms with E-state index in [1.807, 2.05) is 0 Å². The first-order chi connectivity index (χ1) is 17.0. The summed E-state index contributed by atoms with van der Waals surface area (Å²) < 4.78 is 5.27. The summed E-state index contributed by atoms with van der Waals surface area (Å²) in [4.78, 5) is 48.1. The van der Waals surface area contributed by atoms with Crippen LogP contribution in [-0.4, -0.2) is 47.0 Å². The molecule has 210 valence electrons. The lowest BCUT2D eigenvalue weighted by Gasteiger charge is -2.25. The number of aliphatic carboxylic acids is 1. The number of hydrogen-bond acceptors (Lipinski definition) is 6. The Morgan fingerprint density at radius 3 is 1.75 bits per heavy atom. The number of rotatable bonds is 22. The van der Waals surface area contributed by atoms with E-state index in [4.69, 9.17) is 21.3 Å². The summed E-state index contributed by atoms with van der Waals surface area (Å²) in [6.07, 6.45) is 12.5. The maximum atomic E-state index is 13.3. The maximum Gasteiger partial charge on any atom is 0.408 e. The highest BCUT2D eigenvalue weighted by Crippen LogP contribution is 2.20. The van der Waals surface area contributed by atoms with E-state index in [2.05, 4.69) is 5.32 Å². The van der Waals surface area contributed by atoms with E-state index in [0.29, 0.717) is 6.42 Å². The number of carboxylic acids is 1. The van der Waals surface area contributed by atoms with Crippen molar-refractivity contribution in [3.05, 3.63) is 0 Å². The van der Waals surface area contributed by atoms with Gasteiger partial charge in [0.05, 0.1) is 6.04 Å². The number of ketones is 1. The smallest absolute Gasteiger partial charge is 0.408 e. The number of hydrogen-bond donors (Lipinski definition) is 4. The molecular weight excluding hydrogens is 462 g/mol. The number of nitrogens with two attached hydrogens (primary N) is 2. The molecule has 0 saturated heterocycles. The Kier molecular flexibility index (Phi) is 18.8. The van der Waals surface area contributed by atoms with Crippen molar-refractivity contribution in [3.63, 3.8) is 0 Å². The van der Waals surface area contributed by atoms with E-state index in [1.54, 1.807) is 20.8 Å². The largest absolute Gasteiger partial charge is 0.481 e. The highest BCUT2D eigenvalue weighted by Gasteiger charge is 2.30. The summed E-state index contributed by atoms with van der Waals surface area (Å²) >= 11 is 0. The van der Waals surface area contributed by atoms with E-state index >= 15 is 0 Å². The summed E-state index contributed by atoms with van der Waals surface area (Å²) in [6.45, 7) is 5.92. The van der Waals surface area contributed by atoms with Gasteiger partial charge in [-0.25, -0.2) is 4.79 Å². The molecule has 0 aliphatic rings. The molecular formula is C27H51N3O6.